The molecule has 0 aliphatic carbocycles. The van der Waals surface area contributed by atoms with Crippen molar-refractivity contribution in [3.05, 3.63) is 29.3 Å². The molecule has 45 heavy (non-hydrogen) atoms. The van der Waals surface area contributed by atoms with Gasteiger partial charge < -0.3 is 34.9 Å². The van der Waals surface area contributed by atoms with Crippen molar-refractivity contribution < 1.29 is 47.7 Å². The van der Waals surface area contributed by atoms with Crippen molar-refractivity contribution in [1.29, 1.82) is 0 Å². The number of amides is 6. The molecule has 15 heteroatoms. The Labute approximate surface area is 262 Å². The van der Waals surface area contributed by atoms with E-state index >= 15 is 0 Å². The lowest BCUT2D eigenvalue weighted by Gasteiger charge is -2.27. The van der Waals surface area contributed by atoms with E-state index in [0.717, 1.165) is 4.90 Å². The van der Waals surface area contributed by atoms with Crippen LogP contribution >= 0.6 is 0 Å². The average Bonchev–Trinajstić information content (AvgIpc) is 3.22. The summed E-state index contributed by atoms with van der Waals surface area (Å²) in [6.45, 7) is 8.41. The lowest BCUT2D eigenvalue weighted by Crippen LogP contribution is -2.54. The molecule has 3 rings (SSSR count). The fourth-order valence-electron chi connectivity index (χ4n) is 4.68. The number of ether oxygens (including phenoxy) is 4. The molecule has 2 aliphatic heterocycles. The molecule has 1 saturated heterocycles. The number of benzene rings is 1. The number of nitrogens with zero attached hydrogens (tertiary/aromatic N) is 2. The molecule has 1 unspecified atom stereocenters. The van der Waals surface area contributed by atoms with Crippen LogP contribution in [0.3, 0.4) is 0 Å². The lowest BCUT2D eigenvalue weighted by atomic mass is 10.0. The van der Waals surface area contributed by atoms with Crippen LogP contribution in [-0.2, 0) is 33.3 Å². The van der Waals surface area contributed by atoms with Crippen LogP contribution in [0.25, 0.3) is 0 Å². The third-order valence-corrected chi connectivity index (χ3v) is 6.74. The van der Waals surface area contributed by atoms with Crippen molar-refractivity contribution in [3.8, 4) is 0 Å². The van der Waals surface area contributed by atoms with Gasteiger partial charge in [-0.3, -0.25) is 34.2 Å². The third kappa shape index (κ3) is 10.6. The molecule has 15 nitrogen and oxygen atoms in total. The molecule has 0 spiro atoms. The zero-order chi connectivity index (χ0) is 33.0. The first kappa shape index (κ1) is 35.6. The van der Waals surface area contributed by atoms with Gasteiger partial charge in [0, 0.05) is 32.5 Å². The van der Waals surface area contributed by atoms with Gasteiger partial charge in [0.25, 0.3) is 11.8 Å². The van der Waals surface area contributed by atoms with Crippen LogP contribution in [0.1, 0.15) is 67.2 Å². The van der Waals surface area contributed by atoms with E-state index in [1.165, 1.54) is 23.1 Å². The fraction of sp³-hybridized carbons (Fsp3) is 0.600. The van der Waals surface area contributed by atoms with Crippen molar-refractivity contribution in [2.24, 2.45) is 5.73 Å². The summed E-state index contributed by atoms with van der Waals surface area (Å²) in [4.78, 5) is 78.2. The summed E-state index contributed by atoms with van der Waals surface area (Å²) in [5.41, 5.74) is 4.82. The van der Waals surface area contributed by atoms with Crippen LogP contribution in [0.4, 0.5) is 10.5 Å². The van der Waals surface area contributed by atoms with Gasteiger partial charge in [0.15, 0.2) is 0 Å². The molecule has 0 radical (unpaired) electrons. The monoisotopic (exact) mass is 633 g/mol. The standard InChI is InChI=1S/C30H43N5O10/c1-30(2,3)45-29(41)34(13-15-43-17-19-44-18-16-42-14-11-31)12-5-8-23(36)32-21-7-4-6-20-25(21)28(40)35(27(20)39)22-9-10-24(37)33-26(22)38/h4,6-7,22H,5,8-19,31H2,1-3H3,(H,32,36)(H,33,37,38). The lowest BCUT2D eigenvalue weighted by molar-refractivity contribution is -0.136. The number of nitrogens with two attached hydrogens (primary N) is 1. The third-order valence-electron chi connectivity index (χ3n) is 6.74. The summed E-state index contributed by atoms with van der Waals surface area (Å²) in [6, 6.07) is 3.35. The van der Waals surface area contributed by atoms with Crippen LogP contribution in [0.5, 0.6) is 0 Å². The highest BCUT2D eigenvalue weighted by molar-refractivity contribution is 6.26. The quantitative estimate of drug-likeness (QED) is 0.164. The summed E-state index contributed by atoms with van der Waals surface area (Å²) in [5, 5.41) is 4.84. The summed E-state index contributed by atoms with van der Waals surface area (Å²) in [5.74, 6) is -3.01. The Balaban J connectivity index is 1.51. The van der Waals surface area contributed by atoms with E-state index in [1.807, 2.05) is 0 Å². The number of hydrogen-bond donors (Lipinski definition) is 3. The zero-order valence-corrected chi connectivity index (χ0v) is 26.1. The minimum absolute atomic E-state index is 0.0000609. The van der Waals surface area contributed by atoms with E-state index in [4.69, 9.17) is 24.7 Å². The van der Waals surface area contributed by atoms with E-state index in [0.29, 0.717) is 39.6 Å². The summed E-state index contributed by atoms with van der Waals surface area (Å²) >= 11 is 0. The number of piperidine rings is 1. The first-order chi connectivity index (χ1) is 21.4. The molecule has 1 fully saturated rings. The number of nitrogens with one attached hydrogen (secondary N) is 2. The van der Waals surface area contributed by atoms with Gasteiger partial charge in [-0.05, 0) is 45.7 Å². The molecule has 1 atom stereocenters. The molecule has 248 valence electrons. The van der Waals surface area contributed by atoms with Gasteiger partial charge in [-0.2, -0.15) is 0 Å². The molecule has 1 aromatic carbocycles. The molecule has 0 bridgehead atoms. The largest absolute Gasteiger partial charge is 0.444 e. The van der Waals surface area contributed by atoms with E-state index < -0.39 is 47.3 Å². The molecule has 6 amide bonds. The van der Waals surface area contributed by atoms with Crippen molar-refractivity contribution in [2.45, 2.75) is 58.1 Å². The van der Waals surface area contributed by atoms with Crippen molar-refractivity contribution in [2.75, 3.05) is 64.6 Å². The maximum Gasteiger partial charge on any atom is 0.410 e. The minimum Gasteiger partial charge on any atom is -0.444 e. The minimum atomic E-state index is -1.12. The predicted octanol–water partition coefficient (Wildman–Crippen LogP) is 1.05. The number of imide groups is 2. The van der Waals surface area contributed by atoms with E-state index in [1.54, 1.807) is 20.8 Å². The van der Waals surface area contributed by atoms with Crippen molar-refractivity contribution in [1.82, 2.24) is 15.1 Å². The molecular weight excluding hydrogens is 590 g/mol. The first-order valence-corrected chi connectivity index (χ1v) is 15.0. The Hall–Kier alpha value is -3.92. The summed E-state index contributed by atoms with van der Waals surface area (Å²) in [6.07, 6.45) is -0.238. The maximum atomic E-state index is 13.3. The zero-order valence-electron chi connectivity index (χ0n) is 26.1. The van der Waals surface area contributed by atoms with Crippen molar-refractivity contribution in [3.63, 3.8) is 0 Å². The smallest absolute Gasteiger partial charge is 0.410 e. The molecular formula is C30H43N5O10. The second-order valence-electron chi connectivity index (χ2n) is 11.4. The second-order valence-corrected chi connectivity index (χ2v) is 11.4. The second kappa shape index (κ2) is 17.0. The first-order valence-electron chi connectivity index (χ1n) is 15.0. The predicted molar refractivity (Wildman–Crippen MR) is 160 cm³/mol. The highest BCUT2D eigenvalue weighted by Crippen LogP contribution is 2.32. The Morgan fingerprint density at radius 3 is 2.29 bits per heavy atom. The topological polar surface area (TPSA) is 196 Å². The van der Waals surface area contributed by atoms with Crippen LogP contribution < -0.4 is 16.4 Å². The van der Waals surface area contributed by atoms with Crippen LogP contribution in [0, 0.1) is 0 Å². The number of fused-ring (bicyclic) bond motifs is 1. The van der Waals surface area contributed by atoms with Gasteiger partial charge in [-0.15, -0.1) is 0 Å². The van der Waals surface area contributed by atoms with Gasteiger partial charge in [-0.25, -0.2) is 4.79 Å². The van der Waals surface area contributed by atoms with Gasteiger partial charge in [0.2, 0.25) is 17.7 Å². The highest BCUT2D eigenvalue weighted by atomic mass is 16.6. The Morgan fingerprint density at radius 1 is 0.978 bits per heavy atom. The average molecular weight is 634 g/mol. The van der Waals surface area contributed by atoms with E-state index in [2.05, 4.69) is 10.6 Å². The number of rotatable bonds is 17. The van der Waals surface area contributed by atoms with E-state index in [9.17, 15) is 28.8 Å². The molecule has 2 heterocycles. The number of anilines is 1. The van der Waals surface area contributed by atoms with Crippen LogP contribution in [-0.4, -0.2) is 116 Å². The molecule has 0 aromatic heterocycles. The molecule has 4 N–H and O–H groups in total. The van der Waals surface area contributed by atoms with Crippen LogP contribution in [0.15, 0.2) is 18.2 Å². The van der Waals surface area contributed by atoms with Gasteiger partial charge >= 0.3 is 6.09 Å². The Bertz CT molecular complexity index is 1250. The van der Waals surface area contributed by atoms with Gasteiger partial charge in [0.05, 0.1) is 56.5 Å². The Kier molecular flexibility index (Phi) is 13.4. The van der Waals surface area contributed by atoms with Gasteiger partial charge in [0.1, 0.15) is 11.6 Å². The normalized spacial score (nSPS) is 16.4. The molecule has 0 saturated carbocycles. The maximum absolute atomic E-state index is 13.3. The molecule has 1 aromatic rings. The van der Waals surface area contributed by atoms with E-state index in [-0.39, 0.29) is 62.2 Å². The fourth-order valence-corrected chi connectivity index (χ4v) is 4.68. The van der Waals surface area contributed by atoms with Crippen LogP contribution in [0.2, 0.25) is 0 Å². The number of carbonyl (C=O) groups excluding carboxylic acids is 6. The SMILES string of the molecule is CC(C)(C)OC(=O)N(CCCC(=O)Nc1cccc2c1C(=O)N(C1CCC(=O)NC1=O)C2=O)CCOCCOCCOCCN. The van der Waals surface area contributed by atoms with Crippen molar-refractivity contribution >= 4 is 41.3 Å². The highest BCUT2D eigenvalue weighted by Gasteiger charge is 2.45. The summed E-state index contributed by atoms with van der Waals surface area (Å²) < 4.78 is 21.7. The molecule has 2 aliphatic rings. The number of carbonyl (C=O) groups is 6. The summed E-state index contributed by atoms with van der Waals surface area (Å²) in [7, 11) is 0. The Morgan fingerprint density at radius 2 is 1.64 bits per heavy atom. The number of hydrogen-bond acceptors (Lipinski definition) is 11. The van der Waals surface area contributed by atoms with Gasteiger partial charge in [-0.1, -0.05) is 6.07 Å².